The number of nitrogens with zero attached hydrogens (tertiary/aromatic N) is 2. The molecule has 6 nitrogen and oxygen atoms in total. The van der Waals surface area contributed by atoms with E-state index in [4.69, 9.17) is 9.47 Å². The number of carbonyl (C=O) groups is 1. The summed E-state index contributed by atoms with van der Waals surface area (Å²) in [5, 5.41) is 3.29. The Morgan fingerprint density at radius 3 is 2.69 bits per heavy atom. The fraction of sp³-hybridized carbons (Fsp3) is 0.615. The molecule has 2 aliphatic rings. The predicted octanol–water partition coefficient (Wildman–Crippen LogP) is 5.16. The number of nitrogens with one attached hydrogen (secondary N) is 1. The van der Waals surface area contributed by atoms with Gasteiger partial charge in [0.15, 0.2) is 4.80 Å². The molecule has 198 valence electrons. The standard InChI is InChI=1S/C26H34F3N3O3S/c1-25(2,3)22-15-32(14-19-7-5-11-34-19)24(36-22)31-23(33)20-12-18(26(27,28)29)8-9-21(20)35-16-17-6-4-10-30-13-17/h8-9,12,15,17,19,30H,4-7,10-11,13-14,16H2,1-3H3/t17-,19?/m1/s1. The van der Waals surface area contributed by atoms with E-state index in [0.29, 0.717) is 24.6 Å². The van der Waals surface area contributed by atoms with E-state index in [1.54, 1.807) is 0 Å². The van der Waals surface area contributed by atoms with Gasteiger partial charge in [-0.05, 0) is 55.8 Å². The second kappa shape index (κ2) is 11.1. The van der Waals surface area contributed by atoms with Crippen molar-refractivity contribution in [3.8, 4) is 5.75 Å². The Labute approximate surface area is 213 Å². The summed E-state index contributed by atoms with van der Waals surface area (Å²) in [7, 11) is 0. The summed E-state index contributed by atoms with van der Waals surface area (Å²) in [6, 6.07) is 3.03. The number of benzene rings is 1. The summed E-state index contributed by atoms with van der Waals surface area (Å²) in [5.41, 5.74) is -1.25. The SMILES string of the molecule is CC(C)(C)c1cn(CC2CCCO2)c(=NC(=O)c2cc(C(F)(F)F)ccc2OC[C@@H]2CCCNC2)s1. The molecule has 0 saturated carbocycles. The summed E-state index contributed by atoms with van der Waals surface area (Å²) in [4.78, 5) is 19.1. The molecule has 0 radical (unpaired) electrons. The van der Waals surface area contributed by atoms with Crippen molar-refractivity contribution in [2.45, 2.75) is 70.7 Å². The predicted molar refractivity (Wildman–Crippen MR) is 132 cm³/mol. The highest BCUT2D eigenvalue weighted by molar-refractivity contribution is 7.09. The molecule has 3 heterocycles. The van der Waals surface area contributed by atoms with Crippen LogP contribution in [-0.4, -0.2) is 42.9 Å². The Morgan fingerprint density at radius 2 is 2.06 bits per heavy atom. The van der Waals surface area contributed by atoms with Crippen LogP contribution in [0.15, 0.2) is 29.4 Å². The lowest BCUT2D eigenvalue weighted by Crippen LogP contribution is -2.33. The van der Waals surface area contributed by atoms with Gasteiger partial charge in [0.05, 0.1) is 30.4 Å². The van der Waals surface area contributed by atoms with Crippen molar-refractivity contribution in [3.05, 3.63) is 45.2 Å². The van der Waals surface area contributed by atoms with E-state index in [-0.39, 0.29) is 28.7 Å². The molecule has 2 atom stereocenters. The summed E-state index contributed by atoms with van der Waals surface area (Å²) < 4.78 is 54.0. The maximum Gasteiger partial charge on any atom is 0.416 e. The number of ether oxygens (including phenoxy) is 2. The Bertz CT molecular complexity index is 1120. The van der Waals surface area contributed by atoms with Crippen molar-refractivity contribution in [2.75, 3.05) is 26.3 Å². The van der Waals surface area contributed by atoms with Gasteiger partial charge in [-0.15, -0.1) is 11.3 Å². The zero-order valence-corrected chi connectivity index (χ0v) is 21.8. The van der Waals surface area contributed by atoms with E-state index in [1.165, 1.54) is 17.4 Å². The molecule has 2 aliphatic heterocycles. The van der Waals surface area contributed by atoms with Crippen LogP contribution in [0.3, 0.4) is 0 Å². The van der Waals surface area contributed by atoms with Crippen molar-refractivity contribution in [1.29, 1.82) is 0 Å². The van der Waals surface area contributed by atoms with Gasteiger partial charge in [-0.25, -0.2) is 0 Å². The van der Waals surface area contributed by atoms with E-state index in [9.17, 15) is 18.0 Å². The van der Waals surface area contributed by atoms with Gasteiger partial charge in [-0.1, -0.05) is 20.8 Å². The summed E-state index contributed by atoms with van der Waals surface area (Å²) in [6.07, 6.45) is 1.30. The van der Waals surface area contributed by atoms with Gasteiger partial charge in [0, 0.05) is 30.1 Å². The summed E-state index contributed by atoms with van der Waals surface area (Å²) >= 11 is 1.37. The first-order valence-corrected chi connectivity index (χ1v) is 13.3. The highest BCUT2D eigenvalue weighted by atomic mass is 32.1. The lowest BCUT2D eigenvalue weighted by atomic mass is 9.95. The Morgan fingerprint density at radius 1 is 1.25 bits per heavy atom. The van der Waals surface area contributed by atoms with E-state index in [0.717, 1.165) is 55.8 Å². The topological polar surface area (TPSA) is 64.9 Å². The number of aromatic nitrogens is 1. The van der Waals surface area contributed by atoms with Crippen LogP contribution in [0, 0.1) is 5.92 Å². The van der Waals surface area contributed by atoms with Gasteiger partial charge >= 0.3 is 6.18 Å². The van der Waals surface area contributed by atoms with Crippen LogP contribution in [0.5, 0.6) is 5.75 Å². The maximum atomic E-state index is 13.5. The number of amides is 1. The molecule has 10 heteroatoms. The summed E-state index contributed by atoms with van der Waals surface area (Å²) in [6.45, 7) is 9.50. The van der Waals surface area contributed by atoms with Gasteiger partial charge in [0.1, 0.15) is 5.75 Å². The molecule has 4 rings (SSSR count). The van der Waals surface area contributed by atoms with Gasteiger partial charge in [0.2, 0.25) is 0 Å². The number of thiazole rings is 1. The molecule has 1 aromatic carbocycles. The van der Waals surface area contributed by atoms with E-state index in [1.807, 2.05) is 10.8 Å². The highest BCUT2D eigenvalue weighted by Crippen LogP contribution is 2.33. The van der Waals surface area contributed by atoms with Gasteiger partial charge < -0.3 is 19.4 Å². The fourth-order valence-corrected chi connectivity index (χ4v) is 5.43. The number of rotatable bonds is 6. The molecule has 1 N–H and O–H groups in total. The van der Waals surface area contributed by atoms with Gasteiger partial charge in [-0.2, -0.15) is 18.2 Å². The molecule has 0 spiro atoms. The number of hydrogen-bond donors (Lipinski definition) is 1. The molecule has 0 aliphatic carbocycles. The van der Waals surface area contributed by atoms with E-state index >= 15 is 0 Å². The maximum absolute atomic E-state index is 13.5. The molecular weight excluding hydrogens is 491 g/mol. The first-order valence-electron chi connectivity index (χ1n) is 12.5. The van der Waals surface area contributed by atoms with Crippen LogP contribution in [-0.2, 0) is 22.9 Å². The van der Waals surface area contributed by atoms with Crippen molar-refractivity contribution >= 4 is 17.2 Å². The van der Waals surface area contributed by atoms with Crippen LogP contribution in [0.2, 0.25) is 0 Å². The van der Waals surface area contributed by atoms with Crippen molar-refractivity contribution in [3.63, 3.8) is 0 Å². The minimum absolute atomic E-state index is 0.0259. The quantitative estimate of drug-likeness (QED) is 0.566. The molecular formula is C26H34F3N3O3S. The highest BCUT2D eigenvalue weighted by Gasteiger charge is 2.32. The molecule has 2 saturated heterocycles. The molecule has 2 aromatic rings. The summed E-state index contributed by atoms with van der Waals surface area (Å²) in [5.74, 6) is -0.386. The first kappa shape index (κ1) is 26.9. The molecule has 1 unspecified atom stereocenters. The zero-order chi connectivity index (χ0) is 25.9. The average Bonchev–Trinajstić information content (AvgIpc) is 3.48. The molecule has 2 fully saturated rings. The fourth-order valence-electron chi connectivity index (χ4n) is 4.37. The molecule has 36 heavy (non-hydrogen) atoms. The lowest BCUT2D eigenvalue weighted by molar-refractivity contribution is -0.137. The van der Waals surface area contributed by atoms with Crippen molar-refractivity contribution in [1.82, 2.24) is 9.88 Å². The Hall–Kier alpha value is -2.17. The van der Waals surface area contributed by atoms with Crippen molar-refractivity contribution < 1.29 is 27.4 Å². The zero-order valence-electron chi connectivity index (χ0n) is 21.0. The molecule has 1 aromatic heterocycles. The third-order valence-electron chi connectivity index (χ3n) is 6.49. The Balaban J connectivity index is 1.68. The average molecular weight is 526 g/mol. The minimum Gasteiger partial charge on any atom is -0.492 e. The first-order chi connectivity index (χ1) is 17.0. The molecule has 1 amide bonds. The van der Waals surface area contributed by atoms with Gasteiger partial charge in [-0.3, -0.25) is 4.79 Å². The third kappa shape index (κ3) is 6.77. The normalized spacial score (nSPS) is 21.7. The third-order valence-corrected chi connectivity index (χ3v) is 7.94. The Kier molecular flexibility index (Phi) is 8.26. The largest absolute Gasteiger partial charge is 0.492 e. The number of alkyl halides is 3. The van der Waals surface area contributed by atoms with Crippen LogP contribution in [0.25, 0.3) is 0 Å². The molecule has 0 bridgehead atoms. The van der Waals surface area contributed by atoms with Crippen LogP contribution >= 0.6 is 11.3 Å². The number of hydrogen-bond acceptors (Lipinski definition) is 5. The second-order valence-corrected chi connectivity index (χ2v) is 11.6. The number of halogens is 3. The van der Waals surface area contributed by atoms with Crippen LogP contribution in [0.4, 0.5) is 13.2 Å². The van der Waals surface area contributed by atoms with Gasteiger partial charge in [0.25, 0.3) is 5.91 Å². The van der Waals surface area contributed by atoms with Crippen molar-refractivity contribution in [2.24, 2.45) is 10.9 Å². The number of carbonyl (C=O) groups excluding carboxylic acids is 1. The number of piperidine rings is 1. The van der Waals surface area contributed by atoms with E-state index in [2.05, 4.69) is 31.1 Å². The minimum atomic E-state index is -4.58. The van der Waals surface area contributed by atoms with Crippen LogP contribution in [0.1, 0.15) is 67.3 Å². The monoisotopic (exact) mass is 525 g/mol. The lowest BCUT2D eigenvalue weighted by Gasteiger charge is -2.23. The second-order valence-electron chi connectivity index (χ2n) is 10.6. The van der Waals surface area contributed by atoms with E-state index < -0.39 is 17.6 Å². The smallest absolute Gasteiger partial charge is 0.416 e. The van der Waals surface area contributed by atoms with Crippen LogP contribution < -0.4 is 14.9 Å².